The van der Waals surface area contributed by atoms with Crippen molar-refractivity contribution >= 4 is 0 Å². The number of hydrogen-bond acceptors (Lipinski definition) is 2. The summed E-state index contributed by atoms with van der Waals surface area (Å²) in [6, 6.07) is 20.8. The average molecular weight is 420 g/mol. The summed E-state index contributed by atoms with van der Waals surface area (Å²) < 4.78 is 44.8. The molecule has 0 aliphatic heterocycles. The van der Waals surface area contributed by atoms with E-state index in [2.05, 4.69) is 6.07 Å². The Morgan fingerprint density at radius 2 is 1.22 bits per heavy atom. The van der Waals surface area contributed by atoms with Crippen LogP contribution in [0.3, 0.4) is 0 Å². The highest BCUT2D eigenvalue weighted by atomic mass is 19.1. The quantitative estimate of drug-likeness (QED) is 0.294. The number of benzene rings is 4. The molecule has 0 amide bonds. The van der Waals surface area contributed by atoms with E-state index in [1.54, 1.807) is 36.4 Å². The number of fused-ring (bicyclic) bond motifs is 10. The molecule has 150 valence electrons. The van der Waals surface area contributed by atoms with Gasteiger partial charge in [-0.2, -0.15) is 10.5 Å². The van der Waals surface area contributed by atoms with E-state index in [1.165, 1.54) is 30.3 Å². The minimum atomic E-state index is -1.28. The zero-order chi connectivity index (χ0) is 22.2. The number of rotatable bonds is 0. The number of halogens is 3. The molecule has 0 heterocycles. The van der Waals surface area contributed by atoms with Crippen LogP contribution in [0.25, 0.3) is 22.3 Å². The minimum absolute atomic E-state index is 0.0986. The molecular weight excluding hydrogens is 409 g/mol. The first kappa shape index (κ1) is 18.4. The molecule has 4 aromatic rings. The van der Waals surface area contributed by atoms with E-state index >= 15 is 4.39 Å². The molecule has 5 heteroatoms. The smallest absolute Gasteiger partial charge is 0.149 e. The molecule has 0 saturated carbocycles. The van der Waals surface area contributed by atoms with Crippen LogP contribution >= 0.6 is 0 Å². The van der Waals surface area contributed by atoms with Gasteiger partial charge >= 0.3 is 0 Å². The maximum absolute atomic E-state index is 15.6. The van der Waals surface area contributed by atoms with Crippen molar-refractivity contribution in [3.05, 3.63) is 118 Å². The van der Waals surface area contributed by atoms with Gasteiger partial charge in [0.05, 0.1) is 22.6 Å². The lowest BCUT2D eigenvalue weighted by atomic mass is 9.69. The van der Waals surface area contributed by atoms with Crippen LogP contribution in [0.2, 0.25) is 0 Å². The van der Waals surface area contributed by atoms with E-state index in [4.69, 9.17) is 0 Å². The number of hydrogen-bond donors (Lipinski definition) is 0. The summed E-state index contributed by atoms with van der Waals surface area (Å²) in [5.41, 5.74) is 2.56. The van der Waals surface area contributed by atoms with Crippen LogP contribution in [-0.2, 0) is 5.41 Å². The van der Waals surface area contributed by atoms with Crippen molar-refractivity contribution in [2.24, 2.45) is 0 Å². The van der Waals surface area contributed by atoms with E-state index < -0.39 is 22.9 Å². The summed E-state index contributed by atoms with van der Waals surface area (Å²) in [4.78, 5) is 0. The Bertz CT molecular complexity index is 1540. The molecule has 0 fully saturated rings. The molecule has 0 aromatic heterocycles. The molecule has 6 rings (SSSR count). The summed E-state index contributed by atoms with van der Waals surface area (Å²) in [5.74, 6) is -1.72. The lowest BCUT2D eigenvalue weighted by Gasteiger charge is -2.31. The van der Waals surface area contributed by atoms with Crippen molar-refractivity contribution in [3.8, 4) is 34.4 Å². The fraction of sp³-hybridized carbons (Fsp3) is 0.0370. The monoisotopic (exact) mass is 420 g/mol. The van der Waals surface area contributed by atoms with Gasteiger partial charge < -0.3 is 0 Å². The normalized spacial score (nSPS) is 13.7. The third kappa shape index (κ3) is 1.98. The van der Waals surface area contributed by atoms with Crippen molar-refractivity contribution in [1.29, 1.82) is 10.5 Å². The number of nitriles is 2. The second-order valence-electron chi connectivity index (χ2n) is 7.93. The Kier molecular flexibility index (Phi) is 3.51. The van der Waals surface area contributed by atoms with E-state index in [-0.39, 0.29) is 16.7 Å². The van der Waals surface area contributed by atoms with Gasteiger partial charge in [-0.15, -0.1) is 0 Å². The summed E-state index contributed by atoms with van der Waals surface area (Å²) >= 11 is 0. The van der Waals surface area contributed by atoms with Crippen LogP contribution in [-0.4, -0.2) is 0 Å². The summed E-state index contributed by atoms with van der Waals surface area (Å²) in [6.45, 7) is 0. The maximum atomic E-state index is 15.6. The molecule has 0 unspecified atom stereocenters. The second-order valence-corrected chi connectivity index (χ2v) is 7.93. The molecule has 0 saturated heterocycles. The largest absolute Gasteiger partial charge is 0.207 e. The minimum Gasteiger partial charge on any atom is -0.207 e. The van der Waals surface area contributed by atoms with Crippen LogP contribution in [0.5, 0.6) is 0 Å². The van der Waals surface area contributed by atoms with Gasteiger partial charge in [-0.25, -0.2) is 13.2 Å². The molecular formula is C27H11F3N2. The third-order valence-corrected chi connectivity index (χ3v) is 6.54. The standard InChI is InChI=1S/C27H11F3N2/c28-16-5-7-18-19-8-6-17(29)11-23(19)27(22(18)10-16)21-4-2-1-3-20(21)24-25(27)14(12-31)9-15(13-32)26(24)30/h1-11H. The first-order valence-corrected chi connectivity index (χ1v) is 9.89. The van der Waals surface area contributed by atoms with Gasteiger partial charge in [0.1, 0.15) is 23.5 Å². The fourth-order valence-corrected chi connectivity index (χ4v) is 5.46. The Hall–Kier alpha value is -4.35. The predicted octanol–water partition coefficient (Wildman–Crippen LogP) is 6.19. The van der Waals surface area contributed by atoms with Crippen molar-refractivity contribution in [1.82, 2.24) is 0 Å². The molecule has 4 aromatic carbocycles. The van der Waals surface area contributed by atoms with Crippen molar-refractivity contribution in [2.45, 2.75) is 5.41 Å². The predicted molar refractivity (Wildman–Crippen MR) is 112 cm³/mol. The van der Waals surface area contributed by atoms with Gasteiger partial charge in [-0.05, 0) is 63.7 Å². The Balaban J connectivity index is 1.93. The molecule has 0 bridgehead atoms. The lowest BCUT2D eigenvalue weighted by molar-refractivity contribution is 0.615. The number of nitrogens with zero attached hydrogens (tertiary/aromatic N) is 2. The third-order valence-electron chi connectivity index (χ3n) is 6.54. The maximum Gasteiger partial charge on any atom is 0.149 e. The Morgan fingerprint density at radius 1 is 0.625 bits per heavy atom. The zero-order valence-electron chi connectivity index (χ0n) is 16.4. The van der Waals surface area contributed by atoms with E-state index in [0.717, 1.165) is 0 Å². The first-order chi connectivity index (χ1) is 15.5. The van der Waals surface area contributed by atoms with Gasteiger partial charge in [-0.3, -0.25) is 0 Å². The van der Waals surface area contributed by atoms with Gasteiger partial charge in [0, 0.05) is 11.1 Å². The van der Waals surface area contributed by atoms with Crippen LogP contribution in [0, 0.1) is 40.1 Å². The SMILES string of the molecule is N#Cc1cc(C#N)c2c(c1F)-c1ccccc1C21c2cc(F)ccc2-c2ccc(F)cc21. The van der Waals surface area contributed by atoms with E-state index in [0.29, 0.717) is 38.9 Å². The zero-order valence-corrected chi connectivity index (χ0v) is 16.4. The Morgan fingerprint density at radius 3 is 1.81 bits per heavy atom. The summed E-state index contributed by atoms with van der Waals surface area (Å²) in [7, 11) is 0. The fourth-order valence-electron chi connectivity index (χ4n) is 5.46. The topological polar surface area (TPSA) is 47.6 Å². The molecule has 1 spiro atoms. The highest BCUT2D eigenvalue weighted by Gasteiger charge is 2.54. The van der Waals surface area contributed by atoms with Crippen LogP contribution in [0.15, 0.2) is 66.7 Å². The second kappa shape index (κ2) is 6.09. The van der Waals surface area contributed by atoms with Crippen LogP contribution < -0.4 is 0 Å². The van der Waals surface area contributed by atoms with Crippen LogP contribution in [0.4, 0.5) is 13.2 Å². The molecule has 2 aliphatic carbocycles. The molecule has 2 nitrogen and oxygen atoms in total. The Labute approximate surface area is 181 Å². The summed E-state index contributed by atoms with van der Waals surface area (Å²) in [6.07, 6.45) is 0. The van der Waals surface area contributed by atoms with Crippen molar-refractivity contribution in [3.63, 3.8) is 0 Å². The molecule has 0 radical (unpaired) electrons. The average Bonchev–Trinajstić information content (AvgIpc) is 3.26. The van der Waals surface area contributed by atoms with Crippen molar-refractivity contribution < 1.29 is 13.2 Å². The highest BCUT2D eigenvalue weighted by molar-refractivity contribution is 5.96. The lowest BCUT2D eigenvalue weighted by Crippen LogP contribution is -2.27. The molecule has 0 N–H and O–H groups in total. The molecule has 2 aliphatic rings. The van der Waals surface area contributed by atoms with E-state index in [1.807, 2.05) is 6.07 Å². The van der Waals surface area contributed by atoms with Gasteiger partial charge in [0.2, 0.25) is 0 Å². The van der Waals surface area contributed by atoms with Crippen molar-refractivity contribution in [2.75, 3.05) is 0 Å². The first-order valence-electron chi connectivity index (χ1n) is 9.89. The van der Waals surface area contributed by atoms with Gasteiger partial charge in [-0.1, -0.05) is 36.4 Å². The van der Waals surface area contributed by atoms with Gasteiger partial charge in [0.25, 0.3) is 0 Å². The molecule has 32 heavy (non-hydrogen) atoms. The summed E-state index contributed by atoms with van der Waals surface area (Å²) in [5, 5.41) is 19.5. The van der Waals surface area contributed by atoms with Gasteiger partial charge in [0.15, 0.2) is 0 Å². The molecule has 0 atom stereocenters. The van der Waals surface area contributed by atoms with E-state index in [9.17, 15) is 19.3 Å². The highest BCUT2D eigenvalue weighted by Crippen LogP contribution is 2.64. The van der Waals surface area contributed by atoms with Crippen LogP contribution in [0.1, 0.15) is 33.4 Å².